The Morgan fingerprint density at radius 3 is 2.48 bits per heavy atom. The highest BCUT2D eigenvalue weighted by atomic mass is 127. The lowest BCUT2D eigenvalue weighted by atomic mass is 9.89. The van der Waals surface area contributed by atoms with E-state index < -0.39 is 5.60 Å². The van der Waals surface area contributed by atoms with Crippen LogP contribution in [0.15, 0.2) is 18.2 Å². The van der Waals surface area contributed by atoms with Crippen molar-refractivity contribution < 1.29 is 9.53 Å². The zero-order valence-corrected chi connectivity index (χ0v) is 15.0. The summed E-state index contributed by atoms with van der Waals surface area (Å²) < 4.78 is 6.52. The van der Waals surface area contributed by atoms with Gasteiger partial charge in [0.15, 0.2) is 0 Å². The summed E-state index contributed by atoms with van der Waals surface area (Å²) in [6.07, 6.45) is 1.74. The number of carbonyl (C=O) groups is 1. The van der Waals surface area contributed by atoms with Crippen LogP contribution in [0.4, 0.5) is 10.5 Å². The molecule has 0 aliphatic carbocycles. The van der Waals surface area contributed by atoms with Crippen LogP contribution in [0.2, 0.25) is 0 Å². The number of nitrogen functional groups attached to an aromatic ring is 1. The molecular formula is C16H23IN2O2. The van der Waals surface area contributed by atoms with Gasteiger partial charge in [-0.1, -0.05) is 6.07 Å². The first-order valence-corrected chi connectivity index (χ1v) is 8.37. The summed E-state index contributed by atoms with van der Waals surface area (Å²) in [6.45, 7) is 7.19. The Morgan fingerprint density at radius 1 is 1.33 bits per heavy atom. The van der Waals surface area contributed by atoms with Crippen LogP contribution in [0.25, 0.3) is 0 Å². The molecule has 1 aromatic rings. The molecule has 1 saturated heterocycles. The van der Waals surface area contributed by atoms with Crippen molar-refractivity contribution in [2.45, 2.75) is 45.1 Å². The fraction of sp³-hybridized carbons (Fsp3) is 0.562. The molecule has 2 N–H and O–H groups in total. The number of benzene rings is 1. The third-order valence-electron chi connectivity index (χ3n) is 3.64. The Hall–Kier alpha value is -0.980. The minimum absolute atomic E-state index is 0.201. The Morgan fingerprint density at radius 2 is 1.95 bits per heavy atom. The van der Waals surface area contributed by atoms with E-state index in [2.05, 4.69) is 34.7 Å². The average Bonchev–Trinajstić information content (AvgIpc) is 2.40. The number of nitrogens with two attached hydrogens (primary N) is 1. The highest BCUT2D eigenvalue weighted by Crippen LogP contribution is 2.30. The predicted octanol–water partition coefficient (Wildman–Crippen LogP) is 3.99. The topological polar surface area (TPSA) is 55.6 Å². The van der Waals surface area contributed by atoms with E-state index >= 15 is 0 Å². The highest BCUT2D eigenvalue weighted by molar-refractivity contribution is 14.1. The summed E-state index contributed by atoms with van der Waals surface area (Å²) in [5.74, 6) is 0.498. The number of piperidine rings is 1. The fourth-order valence-corrected chi connectivity index (χ4v) is 3.06. The quantitative estimate of drug-likeness (QED) is 0.571. The molecule has 21 heavy (non-hydrogen) atoms. The number of halogens is 1. The lowest BCUT2D eigenvalue weighted by Gasteiger charge is -2.33. The van der Waals surface area contributed by atoms with Crippen molar-refractivity contribution in [1.82, 2.24) is 4.90 Å². The van der Waals surface area contributed by atoms with E-state index in [1.807, 2.05) is 31.7 Å². The van der Waals surface area contributed by atoms with Crippen molar-refractivity contribution in [2.24, 2.45) is 0 Å². The van der Waals surface area contributed by atoms with E-state index in [4.69, 9.17) is 10.5 Å². The number of amides is 1. The van der Waals surface area contributed by atoms with Crippen molar-refractivity contribution in [2.75, 3.05) is 18.8 Å². The molecule has 1 fully saturated rings. The number of rotatable bonds is 1. The van der Waals surface area contributed by atoms with Gasteiger partial charge in [0.1, 0.15) is 5.60 Å². The minimum atomic E-state index is -0.430. The van der Waals surface area contributed by atoms with E-state index in [1.165, 1.54) is 5.56 Å². The number of hydrogen-bond acceptors (Lipinski definition) is 3. The molecule has 1 amide bonds. The summed E-state index contributed by atoms with van der Waals surface area (Å²) in [6, 6.07) is 6.23. The van der Waals surface area contributed by atoms with Gasteiger partial charge in [-0.3, -0.25) is 0 Å². The zero-order valence-electron chi connectivity index (χ0n) is 12.9. The minimum Gasteiger partial charge on any atom is -0.444 e. The molecule has 1 aliphatic rings. The van der Waals surface area contributed by atoms with Crippen LogP contribution < -0.4 is 5.73 Å². The smallest absolute Gasteiger partial charge is 0.410 e. The fourth-order valence-electron chi connectivity index (χ4n) is 2.52. The lowest BCUT2D eigenvalue weighted by molar-refractivity contribution is 0.0205. The predicted molar refractivity (Wildman–Crippen MR) is 93.4 cm³/mol. The van der Waals surface area contributed by atoms with Gasteiger partial charge in [0.25, 0.3) is 0 Å². The molecule has 0 radical (unpaired) electrons. The Kier molecular flexibility index (Phi) is 5.01. The maximum absolute atomic E-state index is 12.0. The van der Waals surface area contributed by atoms with Crippen molar-refractivity contribution >= 4 is 34.4 Å². The van der Waals surface area contributed by atoms with Crippen LogP contribution in [0.5, 0.6) is 0 Å². The van der Waals surface area contributed by atoms with E-state index in [1.54, 1.807) is 0 Å². The summed E-state index contributed by atoms with van der Waals surface area (Å²) >= 11 is 2.27. The molecule has 0 spiro atoms. The molecule has 1 aliphatic heterocycles. The molecule has 0 saturated carbocycles. The molecular weight excluding hydrogens is 379 g/mol. The molecule has 4 nitrogen and oxygen atoms in total. The maximum atomic E-state index is 12.0. The standard InChI is InChI=1S/C16H23IN2O2/c1-16(2,3)21-15(20)19-8-6-11(7-9-19)12-4-5-14(18)13(17)10-12/h4-5,10-11H,6-9,18H2,1-3H3. The third kappa shape index (κ3) is 4.49. The monoisotopic (exact) mass is 402 g/mol. The second-order valence-corrected chi connectivity index (χ2v) is 7.68. The van der Waals surface area contributed by atoms with Crippen molar-refractivity contribution in [3.8, 4) is 0 Å². The first-order chi connectivity index (χ1) is 9.76. The van der Waals surface area contributed by atoms with Gasteiger partial charge in [0.2, 0.25) is 0 Å². The van der Waals surface area contributed by atoms with E-state index in [0.29, 0.717) is 5.92 Å². The number of likely N-dealkylation sites (tertiary alicyclic amines) is 1. The van der Waals surface area contributed by atoms with Gasteiger partial charge in [-0.25, -0.2) is 4.79 Å². The van der Waals surface area contributed by atoms with Gasteiger partial charge in [-0.2, -0.15) is 0 Å². The Labute approximate surface area is 140 Å². The molecule has 5 heteroatoms. The largest absolute Gasteiger partial charge is 0.444 e. The van der Waals surface area contributed by atoms with Gasteiger partial charge < -0.3 is 15.4 Å². The van der Waals surface area contributed by atoms with E-state index in [9.17, 15) is 4.79 Å². The number of nitrogens with zero attached hydrogens (tertiary/aromatic N) is 1. The van der Waals surface area contributed by atoms with Gasteiger partial charge >= 0.3 is 6.09 Å². The van der Waals surface area contributed by atoms with Crippen molar-refractivity contribution in [3.63, 3.8) is 0 Å². The van der Waals surface area contributed by atoms with Crippen LogP contribution in [0, 0.1) is 3.57 Å². The zero-order chi connectivity index (χ0) is 15.6. The third-order valence-corrected chi connectivity index (χ3v) is 4.58. The molecule has 0 atom stereocenters. The second-order valence-electron chi connectivity index (χ2n) is 6.52. The second kappa shape index (κ2) is 6.42. The first-order valence-electron chi connectivity index (χ1n) is 7.29. The molecule has 0 aromatic heterocycles. The lowest BCUT2D eigenvalue weighted by Crippen LogP contribution is -2.41. The molecule has 116 valence electrons. The Bertz CT molecular complexity index is 517. The number of carbonyl (C=O) groups excluding carboxylic acids is 1. The van der Waals surface area contributed by atoms with Gasteiger partial charge in [-0.15, -0.1) is 0 Å². The molecule has 0 unspecified atom stereocenters. The normalized spacial score (nSPS) is 16.9. The van der Waals surface area contributed by atoms with Gasteiger partial charge in [-0.05, 0) is 79.8 Å². The number of ether oxygens (including phenoxy) is 1. The average molecular weight is 402 g/mol. The van der Waals surface area contributed by atoms with Crippen LogP contribution in [0.3, 0.4) is 0 Å². The van der Waals surface area contributed by atoms with E-state index in [-0.39, 0.29) is 6.09 Å². The number of hydrogen-bond donors (Lipinski definition) is 1. The van der Waals surface area contributed by atoms with Crippen LogP contribution in [-0.2, 0) is 4.74 Å². The van der Waals surface area contributed by atoms with Crippen molar-refractivity contribution in [3.05, 3.63) is 27.3 Å². The van der Waals surface area contributed by atoms with Crippen LogP contribution in [0.1, 0.15) is 45.1 Å². The Balaban J connectivity index is 1.94. The van der Waals surface area contributed by atoms with Crippen LogP contribution in [-0.4, -0.2) is 29.7 Å². The SMILES string of the molecule is CC(C)(C)OC(=O)N1CCC(c2ccc(N)c(I)c2)CC1. The maximum Gasteiger partial charge on any atom is 0.410 e. The molecule has 1 aromatic carbocycles. The number of anilines is 1. The molecule has 0 bridgehead atoms. The summed E-state index contributed by atoms with van der Waals surface area (Å²) in [5, 5.41) is 0. The van der Waals surface area contributed by atoms with Crippen molar-refractivity contribution in [1.29, 1.82) is 0 Å². The summed E-state index contributed by atoms with van der Waals surface area (Å²) in [5.41, 5.74) is 7.57. The first kappa shape index (κ1) is 16.4. The van der Waals surface area contributed by atoms with E-state index in [0.717, 1.165) is 35.2 Å². The van der Waals surface area contributed by atoms with Crippen LogP contribution >= 0.6 is 22.6 Å². The molecule has 1 heterocycles. The highest BCUT2D eigenvalue weighted by Gasteiger charge is 2.27. The molecule has 2 rings (SSSR count). The summed E-state index contributed by atoms with van der Waals surface area (Å²) in [4.78, 5) is 13.9. The summed E-state index contributed by atoms with van der Waals surface area (Å²) in [7, 11) is 0. The van der Waals surface area contributed by atoms with Gasteiger partial charge in [0, 0.05) is 22.3 Å². The van der Waals surface area contributed by atoms with Gasteiger partial charge in [0.05, 0.1) is 0 Å².